The Bertz CT molecular complexity index is 1050. The van der Waals surface area contributed by atoms with Gasteiger partial charge in [-0.3, -0.25) is 14.6 Å². The van der Waals surface area contributed by atoms with Crippen LogP contribution in [0.2, 0.25) is 0 Å². The van der Waals surface area contributed by atoms with E-state index in [2.05, 4.69) is 15.4 Å². The first kappa shape index (κ1) is 16.4. The number of carbonyl (C=O) groups is 1. The maximum absolute atomic E-state index is 12.8. The second-order valence-corrected chi connectivity index (χ2v) is 8.08. The van der Waals surface area contributed by atoms with Crippen LogP contribution in [0.25, 0.3) is 11.1 Å². The van der Waals surface area contributed by atoms with Crippen LogP contribution >= 0.6 is 11.5 Å². The number of hydrogen-bond acceptors (Lipinski definition) is 5. The van der Waals surface area contributed by atoms with Crippen LogP contribution in [-0.2, 0) is 6.54 Å². The molecule has 0 spiro atoms. The van der Waals surface area contributed by atoms with Crippen LogP contribution in [-0.4, -0.2) is 37.8 Å². The van der Waals surface area contributed by atoms with E-state index in [4.69, 9.17) is 0 Å². The third-order valence-electron chi connectivity index (χ3n) is 5.49. The van der Waals surface area contributed by atoms with Crippen molar-refractivity contribution in [2.45, 2.75) is 18.9 Å². The summed E-state index contributed by atoms with van der Waals surface area (Å²) in [6, 6.07) is 9.40. The molecule has 6 nitrogen and oxygen atoms in total. The van der Waals surface area contributed by atoms with Gasteiger partial charge in [0.2, 0.25) is 0 Å². The zero-order chi connectivity index (χ0) is 18.4. The van der Waals surface area contributed by atoms with Crippen molar-refractivity contribution in [1.82, 2.24) is 18.8 Å². The highest BCUT2D eigenvalue weighted by molar-refractivity contribution is 7.08. The molecule has 27 heavy (non-hydrogen) atoms. The summed E-state index contributed by atoms with van der Waals surface area (Å²) < 4.78 is 5.94. The Hall–Kier alpha value is -2.80. The van der Waals surface area contributed by atoms with Crippen molar-refractivity contribution in [1.29, 1.82) is 0 Å². The molecule has 2 aliphatic rings. The maximum Gasteiger partial charge on any atom is 0.265 e. The molecule has 0 aliphatic carbocycles. The average Bonchev–Trinajstić information content (AvgIpc) is 3.23. The number of rotatable bonds is 2. The molecular formula is C20H18N4O2S. The van der Waals surface area contributed by atoms with Crippen molar-refractivity contribution in [3.63, 3.8) is 0 Å². The third kappa shape index (κ3) is 2.88. The standard InChI is InChI=1S/C20H18N4O2S/c25-19-8-15(14-2-1-4-21-9-14)7-17-16-6-13(11-24(17)19)10-23(12-16)20(26)18-3-5-22-27-18/h1-5,7-9,13,16H,6,10-12H2/t13-,16+/m0/s1. The quantitative estimate of drug-likeness (QED) is 0.687. The van der Waals surface area contributed by atoms with Gasteiger partial charge in [-0.15, -0.1) is 0 Å². The molecule has 5 rings (SSSR count). The lowest BCUT2D eigenvalue weighted by atomic mass is 9.82. The molecule has 7 heteroatoms. The average molecular weight is 378 g/mol. The molecule has 136 valence electrons. The Morgan fingerprint density at radius 2 is 2.04 bits per heavy atom. The minimum Gasteiger partial charge on any atom is -0.337 e. The van der Waals surface area contributed by atoms with E-state index in [1.54, 1.807) is 30.7 Å². The van der Waals surface area contributed by atoms with E-state index >= 15 is 0 Å². The molecule has 0 aromatic carbocycles. The fraction of sp³-hybridized carbons (Fsp3) is 0.300. The lowest BCUT2D eigenvalue weighted by Gasteiger charge is -2.42. The number of aromatic nitrogens is 3. The smallest absolute Gasteiger partial charge is 0.265 e. The van der Waals surface area contributed by atoms with E-state index < -0.39 is 0 Å². The highest BCUT2D eigenvalue weighted by Gasteiger charge is 2.37. The van der Waals surface area contributed by atoms with Gasteiger partial charge < -0.3 is 9.47 Å². The topological polar surface area (TPSA) is 68.1 Å². The van der Waals surface area contributed by atoms with Crippen LogP contribution in [0.4, 0.5) is 0 Å². The number of likely N-dealkylation sites (tertiary alicyclic amines) is 1. The zero-order valence-corrected chi connectivity index (χ0v) is 15.4. The molecule has 3 aromatic rings. The molecule has 1 fully saturated rings. The summed E-state index contributed by atoms with van der Waals surface area (Å²) in [6.45, 7) is 2.01. The van der Waals surface area contributed by atoms with Gasteiger partial charge in [-0.2, -0.15) is 0 Å². The van der Waals surface area contributed by atoms with Crippen molar-refractivity contribution in [3.05, 3.63) is 69.8 Å². The number of fused-ring (bicyclic) bond motifs is 4. The number of carbonyl (C=O) groups excluding carboxylic acids is 1. The summed E-state index contributed by atoms with van der Waals surface area (Å²) >= 11 is 1.24. The Morgan fingerprint density at radius 3 is 2.81 bits per heavy atom. The Morgan fingerprint density at radius 1 is 1.11 bits per heavy atom. The van der Waals surface area contributed by atoms with E-state index in [1.165, 1.54) is 11.5 Å². The molecule has 2 atom stereocenters. The van der Waals surface area contributed by atoms with Crippen LogP contribution in [0.1, 0.15) is 27.7 Å². The molecule has 5 heterocycles. The van der Waals surface area contributed by atoms with E-state index in [9.17, 15) is 9.59 Å². The Kier molecular flexibility index (Phi) is 3.89. The number of pyridine rings is 2. The van der Waals surface area contributed by atoms with E-state index in [0.717, 1.165) is 23.2 Å². The minimum atomic E-state index is 0.0308. The first-order chi connectivity index (χ1) is 13.2. The summed E-state index contributed by atoms with van der Waals surface area (Å²) in [5.74, 6) is 0.542. The molecule has 0 saturated carbocycles. The summed E-state index contributed by atoms with van der Waals surface area (Å²) in [5, 5.41) is 0. The summed E-state index contributed by atoms with van der Waals surface area (Å²) in [4.78, 5) is 32.3. The SMILES string of the molecule is O=C(c1ccns1)N1C[C@@H]2C[C@H](C1)c1cc(-c3cccnc3)cc(=O)n1C2. The normalized spacial score (nSPS) is 21.0. The summed E-state index contributed by atoms with van der Waals surface area (Å²) in [5.41, 5.74) is 2.89. The van der Waals surface area contributed by atoms with Crippen LogP contribution < -0.4 is 5.56 Å². The highest BCUT2D eigenvalue weighted by atomic mass is 32.1. The van der Waals surface area contributed by atoms with Crippen LogP contribution in [0.15, 0.2) is 53.7 Å². The fourth-order valence-corrected chi connectivity index (χ4v) is 4.87. The van der Waals surface area contributed by atoms with Crippen molar-refractivity contribution in [2.75, 3.05) is 13.1 Å². The fourth-order valence-electron chi connectivity index (χ4n) is 4.31. The predicted molar refractivity (Wildman–Crippen MR) is 103 cm³/mol. The number of hydrogen-bond donors (Lipinski definition) is 0. The van der Waals surface area contributed by atoms with Gasteiger partial charge in [0.25, 0.3) is 11.5 Å². The number of piperidine rings is 1. The van der Waals surface area contributed by atoms with Gasteiger partial charge in [0.1, 0.15) is 4.88 Å². The number of nitrogens with zero attached hydrogens (tertiary/aromatic N) is 4. The van der Waals surface area contributed by atoms with Gasteiger partial charge in [-0.25, -0.2) is 4.37 Å². The maximum atomic E-state index is 12.8. The van der Waals surface area contributed by atoms with Crippen molar-refractivity contribution < 1.29 is 4.79 Å². The predicted octanol–water partition coefficient (Wildman–Crippen LogP) is 2.63. The molecule has 1 amide bonds. The monoisotopic (exact) mass is 378 g/mol. The first-order valence-electron chi connectivity index (χ1n) is 9.04. The Labute approximate surface area is 160 Å². The number of amides is 1. The third-order valence-corrected chi connectivity index (χ3v) is 6.22. The van der Waals surface area contributed by atoms with Gasteiger partial charge in [0.15, 0.2) is 0 Å². The van der Waals surface area contributed by atoms with Gasteiger partial charge in [0, 0.05) is 61.5 Å². The van der Waals surface area contributed by atoms with E-state index in [0.29, 0.717) is 30.4 Å². The lowest BCUT2D eigenvalue weighted by Crippen LogP contribution is -2.49. The second kappa shape index (κ2) is 6.42. The largest absolute Gasteiger partial charge is 0.337 e. The van der Waals surface area contributed by atoms with E-state index in [-0.39, 0.29) is 17.4 Å². The van der Waals surface area contributed by atoms with Crippen molar-refractivity contribution in [3.8, 4) is 11.1 Å². The minimum absolute atomic E-state index is 0.0308. The van der Waals surface area contributed by atoms with Gasteiger partial charge in [-0.1, -0.05) is 6.07 Å². The van der Waals surface area contributed by atoms with Crippen LogP contribution in [0.3, 0.4) is 0 Å². The molecule has 2 bridgehead atoms. The first-order valence-corrected chi connectivity index (χ1v) is 9.81. The van der Waals surface area contributed by atoms with Gasteiger partial charge in [-0.05, 0) is 47.6 Å². The summed E-state index contributed by atoms with van der Waals surface area (Å²) in [7, 11) is 0. The van der Waals surface area contributed by atoms with Crippen LogP contribution in [0, 0.1) is 5.92 Å². The summed E-state index contributed by atoms with van der Waals surface area (Å²) in [6.07, 6.45) is 6.18. The second-order valence-electron chi connectivity index (χ2n) is 7.24. The van der Waals surface area contributed by atoms with Gasteiger partial charge >= 0.3 is 0 Å². The van der Waals surface area contributed by atoms with Crippen LogP contribution in [0.5, 0.6) is 0 Å². The molecule has 0 N–H and O–H groups in total. The van der Waals surface area contributed by atoms with E-state index in [1.807, 2.05) is 21.6 Å². The van der Waals surface area contributed by atoms with Crippen molar-refractivity contribution in [2.24, 2.45) is 5.92 Å². The molecular weight excluding hydrogens is 360 g/mol. The molecule has 1 saturated heterocycles. The molecule has 0 unspecified atom stereocenters. The molecule has 2 aliphatic heterocycles. The molecule has 3 aromatic heterocycles. The molecule has 0 radical (unpaired) electrons. The van der Waals surface area contributed by atoms with Gasteiger partial charge in [0.05, 0.1) is 0 Å². The lowest BCUT2D eigenvalue weighted by molar-refractivity contribution is 0.0599. The Balaban J connectivity index is 1.51. The van der Waals surface area contributed by atoms with Crippen molar-refractivity contribution >= 4 is 17.4 Å². The zero-order valence-electron chi connectivity index (χ0n) is 14.6. The highest BCUT2D eigenvalue weighted by Crippen LogP contribution is 2.37.